The number of hydrogen-bond donors (Lipinski definition) is 0. The molecule has 0 heterocycles. The van der Waals surface area contributed by atoms with Crippen LogP contribution in [0.3, 0.4) is 0 Å². The zero-order valence-electron chi connectivity index (χ0n) is 14.8. The predicted molar refractivity (Wildman–Crippen MR) is 106 cm³/mol. The quantitative estimate of drug-likeness (QED) is 0.559. The molecule has 0 aliphatic heterocycles. The first kappa shape index (κ1) is 18.2. The molecular weight excluding hydrogens is 345 g/mol. The monoisotopic (exact) mass is 365 g/mol. The fraction of sp³-hybridized carbons (Fsp3) is 0.136. The van der Waals surface area contributed by atoms with Gasteiger partial charge in [-0.3, -0.25) is 9.20 Å². The molecule has 2 nitrogen and oxygen atoms in total. The summed E-state index contributed by atoms with van der Waals surface area (Å²) in [5.41, 5.74) is 4.50. The summed E-state index contributed by atoms with van der Waals surface area (Å²) in [4.78, 5) is 5.44. The van der Waals surface area contributed by atoms with Gasteiger partial charge < -0.3 is 0 Å². The van der Waals surface area contributed by atoms with E-state index in [1.54, 1.807) is 12.1 Å². The Balaban J connectivity index is 1.94. The fourth-order valence-electron chi connectivity index (χ4n) is 2.50. The van der Waals surface area contributed by atoms with Gasteiger partial charge in [-0.15, -0.1) is 0 Å². The SMILES string of the molecule is Cc1ccc(N=C(CS(=O)c2ccc(C)cc2)c2ccc(F)cc2)cc1. The number of aryl methyl sites for hydroxylation is 2. The minimum absolute atomic E-state index is 0.266. The molecule has 0 radical (unpaired) electrons. The van der Waals surface area contributed by atoms with Crippen LogP contribution in [0.5, 0.6) is 0 Å². The van der Waals surface area contributed by atoms with Gasteiger partial charge >= 0.3 is 0 Å². The minimum atomic E-state index is -1.23. The van der Waals surface area contributed by atoms with Crippen LogP contribution in [0.2, 0.25) is 0 Å². The van der Waals surface area contributed by atoms with Crippen molar-refractivity contribution in [3.8, 4) is 0 Å². The van der Waals surface area contributed by atoms with E-state index in [1.807, 2.05) is 62.4 Å². The molecule has 3 aromatic carbocycles. The van der Waals surface area contributed by atoms with Crippen molar-refractivity contribution in [3.63, 3.8) is 0 Å². The molecule has 0 saturated heterocycles. The maximum absolute atomic E-state index is 13.3. The third-order valence-electron chi connectivity index (χ3n) is 4.03. The predicted octanol–water partition coefficient (Wildman–Crippen LogP) is 5.37. The number of benzene rings is 3. The Morgan fingerprint density at radius 3 is 1.96 bits per heavy atom. The van der Waals surface area contributed by atoms with Gasteiger partial charge in [0.15, 0.2) is 0 Å². The van der Waals surface area contributed by atoms with E-state index < -0.39 is 10.8 Å². The first-order chi connectivity index (χ1) is 12.5. The van der Waals surface area contributed by atoms with Crippen LogP contribution in [0.4, 0.5) is 10.1 Å². The number of aliphatic imine (C=N–C) groups is 1. The zero-order chi connectivity index (χ0) is 18.5. The summed E-state index contributed by atoms with van der Waals surface area (Å²) in [5.74, 6) is -0.0363. The topological polar surface area (TPSA) is 29.4 Å². The van der Waals surface area contributed by atoms with E-state index in [4.69, 9.17) is 0 Å². The second-order valence-corrected chi connectivity index (χ2v) is 7.65. The molecule has 3 aromatic rings. The van der Waals surface area contributed by atoms with Gasteiger partial charge in [0, 0.05) is 4.90 Å². The van der Waals surface area contributed by atoms with E-state index in [0.29, 0.717) is 5.71 Å². The molecule has 4 heteroatoms. The van der Waals surface area contributed by atoms with Crippen molar-refractivity contribution in [2.45, 2.75) is 18.7 Å². The molecule has 0 aromatic heterocycles. The highest BCUT2D eigenvalue weighted by Crippen LogP contribution is 2.18. The van der Waals surface area contributed by atoms with E-state index in [1.165, 1.54) is 12.1 Å². The first-order valence-corrected chi connectivity index (χ1v) is 9.68. The van der Waals surface area contributed by atoms with Gasteiger partial charge in [0.2, 0.25) is 0 Å². The van der Waals surface area contributed by atoms with Crippen LogP contribution in [-0.2, 0) is 10.8 Å². The number of halogens is 1. The van der Waals surface area contributed by atoms with E-state index >= 15 is 0 Å². The molecule has 1 unspecified atom stereocenters. The van der Waals surface area contributed by atoms with Gasteiger partial charge in [0.05, 0.1) is 28.0 Å². The van der Waals surface area contributed by atoms with Crippen molar-refractivity contribution in [2.24, 2.45) is 4.99 Å². The van der Waals surface area contributed by atoms with Gasteiger partial charge in [-0.2, -0.15) is 0 Å². The maximum atomic E-state index is 13.3. The lowest BCUT2D eigenvalue weighted by Gasteiger charge is -2.08. The molecule has 0 fully saturated rings. The van der Waals surface area contributed by atoms with Crippen LogP contribution >= 0.6 is 0 Å². The first-order valence-electron chi connectivity index (χ1n) is 8.36. The Kier molecular flexibility index (Phi) is 5.74. The Bertz CT molecular complexity index is 929. The second-order valence-electron chi connectivity index (χ2n) is 6.20. The van der Waals surface area contributed by atoms with Gasteiger partial charge in [-0.25, -0.2) is 4.39 Å². The van der Waals surface area contributed by atoms with E-state index in [2.05, 4.69) is 4.99 Å². The molecule has 132 valence electrons. The van der Waals surface area contributed by atoms with Crippen LogP contribution in [0.1, 0.15) is 16.7 Å². The Morgan fingerprint density at radius 2 is 1.38 bits per heavy atom. The largest absolute Gasteiger partial charge is 0.254 e. The summed E-state index contributed by atoms with van der Waals surface area (Å²) in [5, 5.41) is 0. The Labute approximate surface area is 155 Å². The molecular formula is C22H20FNOS. The standard InChI is InChI=1S/C22H20FNOS/c1-16-3-11-20(12-4-16)24-22(18-7-9-19(23)10-8-18)15-26(25)21-13-5-17(2)6-14-21/h3-14H,15H2,1-2H3. The van der Waals surface area contributed by atoms with Crippen LogP contribution in [0.15, 0.2) is 82.7 Å². The highest BCUT2D eigenvalue weighted by Gasteiger charge is 2.12. The van der Waals surface area contributed by atoms with Crippen LogP contribution in [-0.4, -0.2) is 15.7 Å². The summed E-state index contributed by atoms with van der Waals surface area (Å²) in [6.45, 7) is 4.01. The highest BCUT2D eigenvalue weighted by molar-refractivity contribution is 7.85. The van der Waals surface area contributed by atoms with Crippen molar-refractivity contribution in [2.75, 3.05) is 5.75 Å². The lowest BCUT2D eigenvalue weighted by molar-refractivity contribution is 0.628. The number of hydrogen-bond acceptors (Lipinski definition) is 2. The van der Waals surface area contributed by atoms with E-state index in [9.17, 15) is 8.60 Å². The van der Waals surface area contributed by atoms with Crippen LogP contribution in [0.25, 0.3) is 0 Å². The van der Waals surface area contributed by atoms with Crippen molar-refractivity contribution in [1.82, 2.24) is 0 Å². The lowest BCUT2D eigenvalue weighted by Crippen LogP contribution is -2.12. The van der Waals surface area contributed by atoms with E-state index in [-0.39, 0.29) is 11.6 Å². The summed E-state index contributed by atoms with van der Waals surface area (Å²) < 4.78 is 26.1. The third kappa shape index (κ3) is 4.73. The molecule has 1 atom stereocenters. The number of rotatable bonds is 5. The second kappa shape index (κ2) is 8.19. The molecule has 0 amide bonds. The Hall–Kier alpha value is -2.59. The van der Waals surface area contributed by atoms with Gasteiger partial charge in [-0.05, 0) is 55.8 Å². The maximum Gasteiger partial charge on any atom is 0.123 e. The van der Waals surface area contributed by atoms with E-state index in [0.717, 1.165) is 27.3 Å². The molecule has 0 N–H and O–H groups in total. The average Bonchev–Trinajstić information content (AvgIpc) is 2.64. The van der Waals surface area contributed by atoms with Crippen LogP contribution in [0, 0.1) is 19.7 Å². The van der Waals surface area contributed by atoms with Crippen molar-refractivity contribution < 1.29 is 8.60 Å². The smallest absolute Gasteiger partial charge is 0.123 e. The summed E-state index contributed by atoms with van der Waals surface area (Å²) in [7, 11) is -1.23. The van der Waals surface area contributed by atoms with Crippen molar-refractivity contribution >= 4 is 22.2 Å². The molecule has 3 rings (SSSR count). The molecule has 0 spiro atoms. The molecule has 0 aliphatic carbocycles. The highest BCUT2D eigenvalue weighted by atomic mass is 32.2. The van der Waals surface area contributed by atoms with Gasteiger partial charge in [-0.1, -0.05) is 47.5 Å². The lowest BCUT2D eigenvalue weighted by atomic mass is 10.1. The summed E-state index contributed by atoms with van der Waals surface area (Å²) in [6.07, 6.45) is 0. The summed E-state index contributed by atoms with van der Waals surface area (Å²) >= 11 is 0. The van der Waals surface area contributed by atoms with Crippen molar-refractivity contribution in [3.05, 3.63) is 95.3 Å². The van der Waals surface area contributed by atoms with Gasteiger partial charge in [0.25, 0.3) is 0 Å². The fourth-order valence-corrected chi connectivity index (χ4v) is 3.58. The minimum Gasteiger partial charge on any atom is -0.254 e. The van der Waals surface area contributed by atoms with Gasteiger partial charge in [0.1, 0.15) is 5.82 Å². The molecule has 0 bridgehead atoms. The molecule has 0 saturated carbocycles. The molecule has 26 heavy (non-hydrogen) atoms. The third-order valence-corrected chi connectivity index (χ3v) is 5.36. The molecule has 0 aliphatic rings. The normalized spacial score (nSPS) is 12.8. The average molecular weight is 365 g/mol. The van der Waals surface area contributed by atoms with Crippen molar-refractivity contribution in [1.29, 1.82) is 0 Å². The number of nitrogens with zero attached hydrogens (tertiary/aromatic N) is 1. The van der Waals surface area contributed by atoms with Crippen LogP contribution < -0.4 is 0 Å². The Morgan fingerprint density at radius 1 is 0.846 bits per heavy atom. The zero-order valence-corrected chi connectivity index (χ0v) is 15.6. The summed E-state index contributed by atoms with van der Waals surface area (Å²) in [6, 6.07) is 21.6.